The summed E-state index contributed by atoms with van der Waals surface area (Å²) in [4.78, 5) is 0. The van der Waals surface area contributed by atoms with E-state index in [0.717, 1.165) is 17.8 Å². The average Bonchev–Trinajstić information content (AvgIpc) is 2.62. The lowest BCUT2D eigenvalue weighted by Crippen LogP contribution is -2.30. The van der Waals surface area contributed by atoms with Gasteiger partial charge in [0.25, 0.3) is 0 Å². The molecule has 0 amide bonds. The van der Waals surface area contributed by atoms with Crippen molar-refractivity contribution in [3.05, 3.63) is 16.5 Å². The van der Waals surface area contributed by atoms with Crippen molar-refractivity contribution in [2.45, 2.75) is 29.9 Å². The maximum atomic E-state index is 11.8. The number of alkyl halides is 1. The molecule has 0 spiro atoms. The van der Waals surface area contributed by atoms with E-state index in [1.807, 2.05) is 13.8 Å². The highest BCUT2D eigenvalue weighted by Crippen LogP contribution is 2.25. The Morgan fingerprint density at radius 2 is 2.06 bits per heavy atom. The van der Waals surface area contributed by atoms with E-state index in [9.17, 15) is 8.42 Å². The summed E-state index contributed by atoms with van der Waals surface area (Å²) in [6.45, 7) is 4.32. The first-order valence-electron chi connectivity index (χ1n) is 5.20. The van der Waals surface area contributed by atoms with E-state index in [1.54, 1.807) is 6.07 Å². The SMILES string of the molecule is CC(C)CC(Cl)CNS(=O)(=O)c1ccc(Cl)s1. The Kier molecular flexibility index (Phi) is 5.73. The number of sulfonamides is 1. The highest BCUT2D eigenvalue weighted by atomic mass is 35.5. The molecule has 0 aliphatic rings. The predicted octanol–water partition coefficient (Wildman–Crippen LogP) is 3.33. The first-order chi connectivity index (χ1) is 7.81. The van der Waals surface area contributed by atoms with Gasteiger partial charge in [0.05, 0.1) is 4.34 Å². The summed E-state index contributed by atoms with van der Waals surface area (Å²) in [5.41, 5.74) is 0. The topological polar surface area (TPSA) is 46.2 Å². The molecule has 17 heavy (non-hydrogen) atoms. The van der Waals surface area contributed by atoms with E-state index in [0.29, 0.717) is 10.3 Å². The molecule has 1 rings (SSSR count). The van der Waals surface area contributed by atoms with Crippen LogP contribution in [0, 0.1) is 5.92 Å². The molecule has 0 aliphatic carbocycles. The second-order valence-corrected chi connectivity index (χ2v) is 8.46. The molecule has 0 fully saturated rings. The molecular weight excluding hydrogens is 301 g/mol. The molecule has 7 heteroatoms. The highest BCUT2D eigenvalue weighted by molar-refractivity contribution is 7.91. The summed E-state index contributed by atoms with van der Waals surface area (Å²) in [7, 11) is -3.47. The Bertz CT molecular complexity index is 457. The van der Waals surface area contributed by atoms with E-state index >= 15 is 0 Å². The van der Waals surface area contributed by atoms with Gasteiger partial charge in [-0.25, -0.2) is 13.1 Å². The lowest BCUT2D eigenvalue weighted by Gasteiger charge is -2.12. The van der Waals surface area contributed by atoms with Crippen molar-refractivity contribution in [1.29, 1.82) is 0 Å². The summed E-state index contributed by atoms with van der Waals surface area (Å²) >= 11 is 12.8. The van der Waals surface area contributed by atoms with Crippen LogP contribution < -0.4 is 4.72 Å². The van der Waals surface area contributed by atoms with Crippen molar-refractivity contribution in [3.63, 3.8) is 0 Å². The van der Waals surface area contributed by atoms with Crippen molar-refractivity contribution in [2.24, 2.45) is 5.92 Å². The van der Waals surface area contributed by atoms with E-state index in [2.05, 4.69) is 4.72 Å². The smallest absolute Gasteiger partial charge is 0.209 e. The Hall–Kier alpha value is 0.190. The fraction of sp³-hybridized carbons (Fsp3) is 0.600. The van der Waals surface area contributed by atoms with E-state index < -0.39 is 10.0 Å². The molecule has 0 bridgehead atoms. The molecule has 1 N–H and O–H groups in total. The van der Waals surface area contributed by atoms with E-state index in [-0.39, 0.29) is 16.1 Å². The largest absolute Gasteiger partial charge is 0.250 e. The molecule has 1 unspecified atom stereocenters. The minimum Gasteiger partial charge on any atom is -0.209 e. The Balaban J connectivity index is 2.56. The highest BCUT2D eigenvalue weighted by Gasteiger charge is 2.18. The lowest BCUT2D eigenvalue weighted by molar-refractivity contribution is 0.545. The first kappa shape index (κ1) is 15.2. The van der Waals surface area contributed by atoms with Gasteiger partial charge >= 0.3 is 0 Å². The molecular formula is C10H15Cl2NO2S2. The number of hydrogen-bond acceptors (Lipinski definition) is 3. The van der Waals surface area contributed by atoms with E-state index in [4.69, 9.17) is 23.2 Å². The second kappa shape index (κ2) is 6.38. The maximum absolute atomic E-state index is 11.8. The molecule has 3 nitrogen and oxygen atoms in total. The van der Waals surface area contributed by atoms with Gasteiger partial charge in [-0.15, -0.1) is 22.9 Å². The van der Waals surface area contributed by atoms with Crippen LogP contribution in [0.2, 0.25) is 4.34 Å². The van der Waals surface area contributed by atoms with E-state index in [1.165, 1.54) is 6.07 Å². The molecule has 1 atom stereocenters. The Morgan fingerprint density at radius 3 is 2.53 bits per heavy atom. The quantitative estimate of drug-likeness (QED) is 0.818. The van der Waals surface area contributed by atoms with Crippen molar-refractivity contribution in [2.75, 3.05) is 6.54 Å². The fourth-order valence-corrected chi connectivity index (χ4v) is 4.44. The molecule has 1 aromatic heterocycles. The number of hydrogen-bond donors (Lipinski definition) is 1. The molecule has 0 aliphatic heterocycles. The van der Waals surface area contributed by atoms with Gasteiger partial charge in [-0.05, 0) is 24.5 Å². The van der Waals surface area contributed by atoms with Gasteiger partial charge in [-0.1, -0.05) is 25.4 Å². The molecule has 0 aromatic carbocycles. The fourth-order valence-electron chi connectivity index (χ4n) is 1.31. The summed E-state index contributed by atoms with van der Waals surface area (Å²) in [5.74, 6) is 0.443. The van der Waals surface area contributed by atoms with Crippen LogP contribution in [0.5, 0.6) is 0 Å². The number of thiophene rings is 1. The zero-order valence-electron chi connectivity index (χ0n) is 9.61. The third-order valence-electron chi connectivity index (χ3n) is 2.04. The van der Waals surface area contributed by atoms with Crippen LogP contribution in [0.25, 0.3) is 0 Å². The van der Waals surface area contributed by atoms with Crippen LogP contribution in [-0.2, 0) is 10.0 Å². The van der Waals surface area contributed by atoms with Gasteiger partial charge in [0.1, 0.15) is 4.21 Å². The van der Waals surface area contributed by atoms with Crippen molar-refractivity contribution in [1.82, 2.24) is 4.72 Å². The number of nitrogens with one attached hydrogen (secondary N) is 1. The maximum Gasteiger partial charge on any atom is 0.250 e. The van der Waals surface area contributed by atoms with Crippen molar-refractivity contribution < 1.29 is 8.42 Å². The Morgan fingerprint density at radius 1 is 1.41 bits per heavy atom. The second-order valence-electron chi connectivity index (χ2n) is 4.14. The summed E-state index contributed by atoms with van der Waals surface area (Å²) < 4.78 is 26.8. The van der Waals surface area contributed by atoms with Crippen LogP contribution in [0.1, 0.15) is 20.3 Å². The van der Waals surface area contributed by atoms with Gasteiger partial charge in [0.15, 0.2) is 0 Å². The zero-order chi connectivity index (χ0) is 13.1. The lowest BCUT2D eigenvalue weighted by atomic mass is 10.1. The Labute approximate surface area is 116 Å². The number of halogens is 2. The van der Waals surface area contributed by atoms with Crippen molar-refractivity contribution >= 4 is 44.6 Å². The summed E-state index contributed by atoms with van der Waals surface area (Å²) in [6.07, 6.45) is 0.773. The third-order valence-corrected chi connectivity index (χ3v) is 5.51. The van der Waals surface area contributed by atoms with Crippen LogP contribution >= 0.6 is 34.5 Å². The predicted molar refractivity (Wildman–Crippen MR) is 73.6 cm³/mol. The van der Waals surface area contributed by atoms with Gasteiger partial charge in [-0.3, -0.25) is 0 Å². The molecule has 98 valence electrons. The molecule has 1 heterocycles. The monoisotopic (exact) mass is 315 g/mol. The van der Waals surface area contributed by atoms with Gasteiger partial charge in [-0.2, -0.15) is 0 Å². The minimum absolute atomic E-state index is 0.194. The normalized spacial score (nSPS) is 14.2. The summed E-state index contributed by atoms with van der Waals surface area (Å²) in [6, 6.07) is 3.05. The average molecular weight is 316 g/mol. The molecule has 0 saturated carbocycles. The summed E-state index contributed by atoms with van der Waals surface area (Å²) in [5, 5.41) is -0.194. The number of rotatable bonds is 6. The van der Waals surface area contributed by atoms with Gasteiger partial charge in [0.2, 0.25) is 10.0 Å². The molecule has 0 saturated heterocycles. The van der Waals surface area contributed by atoms with Crippen LogP contribution in [0.4, 0.5) is 0 Å². The third kappa shape index (κ3) is 5.14. The standard InChI is InChI=1S/C10H15Cl2NO2S2/c1-7(2)5-8(11)6-13-17(14,15)10-4-3-9(12)16-10/h3-4,7-8,13H,5-6H2,1-2H3. The van der Waals surface area contributed by atoms with Crippen molar-refractivity contribution in [3.8, 4) is 0 Å². The van der Waals surface area contributed by atoms with Gasteiger partial charge in [0, 0.05) is 11.9 Å². The molecule has 0 radical (unpaired) electrons. The van der Waals surface area contributed by atoms with Crippen LogP contribution in [-0.4, -0.2) is 20.3 Å². The first-order valence-corrected chi connectivity index (χ1v) is 8.31. The van der Waals surface area contributed by atoms with Crippen LogP contribution in [0.3, 0.4) is 0 Å². The minimum atomic E-state index is -3.47. The van der Waals surface area contributed by atoms with Gasteiger partial charge < -0.3 is 0 Å². The zero-order valence-corrected chi connectivity index (χ0v) is 12.8. The van der Waals surface area contributed by atoms with Crippen LogP contribution in [0.15, 0.2) is 16.3 Å². The molecule has 1 aromatic rings.